The van der Waals surface area contributed by atoms with Crippen LogP contribution in [0.1, 0.15) is 37.3 Å². The predicted molar refractivity (Wildman–Crippen MR) is 83.2 cm³/mol. The van der Waals surface area contributed by atoms with Crippen LogP contribution in [0.3, 0.4) is 0 Å². The molecule has 1 aliphatic heterocycles. The van der Waals surface area contributed by atoms with Crippen LogP contribution in [0.4, 0.5) is 0 Å². The maximum absolute atomic E-state index is 11.1. The maximum Gasteiger partial charge on any atom is 0.345 e. The van der Waals surface area contributed by atoms with Crippen LogP contribution in [0.5, 0.6) is 5.75 Å². The van der Waals surface area contributed by atoms with Gasteiger partial charge in [-0.3, -0.25) is 0 Å². The summed E-state index contributed by atoms with van der Waals surface area (Å²) in [6, 6.07) is 1.94. The first-order valence-corrected chi connectivity index (χ1v) is 7.82. The molecule has 0 fully saturated rings. The SMILES string of the molecule is CC1CCC=C(c2cc3c(c(Cl)c2Cl)OC(C(=O)O)C3)C1. The largest absolute Gasteiger partial charge is 0.478 e. The highest BCUT2D eigenvalue weighted by Crippen LogP contribution is 2.46. The second-order valence-electron chi connectivity index (χ2n) is 5.81. The van der Waals surface area contributed by atoms with E-state index >= 15 is 0 Å². The van der Waals surface area contributed by atoms with Crippen molar-refractivity contribution in [2.24, 2.45) is 5.92 Å². The fourth-order valence-corrected chi connectivity index (χ4v) is 3.55. The fourth-order valence-electron chi connectivity index (χ4n) is 3.02. The van der Waals surface area contributed by atoms with Crippen LogP contribution in [-0.4, -0.2) is 17.2 Å². The van der Waals surface area contributed by atoms with Gasteiger partial charge in [0.25, 0.3) is 0 Å². The zero-order valence-electron chi connectivity index (χ0n) is 11.7. The Kier molecular flexibility index (Phi) is 3.89. The van der Waals surface area contributed by atoms with Crippen molar-refractivity contribution in [2.75, 3.05) is 0 Å². The molecule has 1 aliphatic carbocycles. The number of benzene rings is 1. The maximum atomic E-state index is 11.1. The Bertz CT molecular complexity index is 637. The van der Waals surface area contributed by atoms with Gasteiger partial charge in [-0.1, -0.05) is 36.2 Å². The Labute approximate surface area is 133 Å². The number of ether oxygens (including phenoxy) is 1. The molecule has 2 unspecified atom stereocenters. The van der Waals surface area contributed by atoms with Gasteiger partial charge in [-0.2, -0.15) is 0 Å². The highest BCUT2D eigenvalue weighted by atomic mass is 35.5. The molecule has 0 amide bonds. The Balaban J connectivity index is 2.02. The number of carboxylic acid groups (broad SMARTS) is 1. The summed E-state index contributed by atoms with van der Waals surface area (Å²) in [5.74, 6) is 0.0591. The van der Waals surface area contributed by atoms with E-state index < -0.39 is 12.1 Å². The van der Waals surface area contributed by atoms with Gasteiger partial charge in [0.2, 0.25) is 0 Å². The van der Waals surface area contributed by atoms with E-state index in [1.165, 1.54) is 12.0 Å². The molecular weight excluding hydrogens is 311 g/mol. The third kappa shape index (κ3) is 2.65. The zero-order valence-corrected chi connectivity index (χ0v) is 13.2. The van der Waals surface area contributed by atoms with Crippen LogP contribution in [0.15, 0.2) is 12.1 Å². The van der Waals surface area contributed by atoms with Crippen molar-refractivity contribution in [3.05, 3.63) is 33.3 Å². The van der Waals surface area contributed by atoms with Crippen LogP contribution >= 0.6 is 23.2 Å². The predicted octanol–water partition coefficient (Wildman–Crippen LogP) is 4.58. The molecule has 1 heterocycles. The molecule has 21 heavy (non-hydrogen) atoms. The van der Waals surface area contributed by atoms with E-state index in [4.69, 9.17) is 33.0 Å². The Morgan fingerprint density at radius 3 is 2.76 bits per heavy atom. The minimum Gasteiger partial charge on any atom is -0.478 e. The van der Waals surface area contributed by atoms with Gasteiger partial charge < -0.3 is 9.84 Å². The van der Waals surface area contributed by atoms with Crippen molar-refractivity contribution < 1.29 is 14.6 Å². The third-order valence-corrected chi connectivity index (χ3v) is 4.99. The number of hydrogen-bond acceptors (Lipinski definition) is 2. The molecule has 0 saturated carbocycles. The molecule has 0 bridgehead atoms. The van der Waals surface area contributed by atoms with Crippen molar-refractivity contribution in [1.29, 1.82) is 0 Å². The summed E-state index contributed by atoms with van der Waals surface area (Å²) >= 11 is 12.7. The molecule has 0 aromatic heterocycles. The Hall–Kier alpha value is -1.19. The molecule has 3 rings (SSSR count). The molecule has 1 N–H and O–H groups in total. The molecule has 3 nitrogen and oxygen atoms in total. The van der Waals surface area contributed by atoms with Crippen molar-refractivity contribution in [3.63, 3.8) is 0 Å². The van der Waals surface area contributed by atoms with Gasteiger partial charge in [0, 0.05) is 12.0 Å². The van der Waals surface area contributed by atoms with Gasteiger partial charge in [0.05, 0.1) is 5.02 Å². The van der Waals surface area contributed by atoms with Gasteiger partial charge in [-0.05, 0) is 42.4 Å². The zero-order chi connectivity index (χ0) is 15.1. The van der Waals surface area contributed by atoms with E-state index in [1.807, 2.05) is 6.07 Å². The number of hydrogen-bond donors (Lipinski definition) is 1. The number of aliphatic carboxylic acids is 1. The second-order valence-corrected chi connectivity index (χ2v) is 6.56. The van der Waals surface area contributed by atoms with Crippen molar-refractivity contribution in [3.8, 4) is 5.75 Å². The highest BCUT2D eigenvalue weighted by molar-refractivity contribution is 6.44. The number of carbonyl (C=O) groups is 1. The molecule has 5 heteroatoms. The molecule has 0 saturated heterocycles. The van der Waals surface area contributed by atoms with E-state index in [0.29, 0.717) is 28.1 Å². The number of carboxylic acids is 1. The van der Waals surface area contributed by atoms with Crippen LogP contribution < -0.4 is 4.74 Å². The third-order valence-electron chi connectivity index (χ3n) is 4.14. The molecule has 2 atom stereocenters. The molecule has 112 valence electrons. The average Bonchev–Trinajstić information content (AvgIpc) is 2.87. The lowest BCUT2D eigenvalue weighted by atomic mass is 9.86. The second kappa shape index (κ2) is 5.54. The van der Waals surface area contributed by atoms with Gasteiger partial charge in [0.1, 0.15) is 10.8 Å². The fraction of sp³-hybridized carbons (Fsp3) is 0.438. The first kappa shape index (κ1) is 14.7. The lowest BCUT2D eigenvalue weighted by Crippen LogP contribution is -2.24. The summed E-state index contributed by atoms with van der Waals surface area (Å²) in [4.78, 5) is 11.1. The van der Waals surface area contributed by atoms with Crippen LogP contribution in [-0.2, 0) is 11.2 Å². The quantitative estimate of drug-likeness (QED) is 0.864. The van der Waals surface area contributed by atoms with Crippen LogP contribution in [0.2, 0.25) is 10.0 Å². The molecule has 0 spiro atoms. The summed E-state index contributed by atoms with van der Waals surface area (Å²) in [7, 11) is 0. The Morgan fingerprint density at radius 1 is 1.33 bits per heavy atom. The summed E-state index contributed by atoms with van der Waals surface area (Å²) in [6.45, 7) is 2.22. The van der Waals surface area contributed by atoms with Crippen molar-refractivity contribution >= 4 is 34.7 Å². The first-order valence-electron chi connectivity index (χ1n) is 7.07. The minimum absolute atomic E-state index is 0.326. The normalized spacial score (nSPS) is 24.2. The summed E-state index contributed by atoms with van der Waals surface area (Å²) in [5, 5.41) is 9.87. The lowest BCUT2D eigenvalue weighted by Gasteiger charge is -2.21. The van der Waals surface area contributed by atoms with Crippen molar-refractivity contribution in [1.82, 2.24) is 0 Å². The highest BCUT2D eigenvalue weighted by Gasteiger charge is 2.33. The smallest absolute Gasteiger partial charge is 0.345 e. The number of fused-ring (bicyclic) bond motifs is 1. The number of allylic oxidation sites excluding steroid dienone is 2. The Morgan fingerprint density at radius 2 is 2.10 bits per heavy atom. The molecule has 2 aliphatic rings. The summed E-state index contributed by atoms with van der Waals surface area (Å²) < 4.78 is 5.41. The van der Waals surface area contributed by atoms with E-state index in [9.17, 15) is 4.79 Å². The molecule has 1 aromatic carbocycles. The molecular formula is C16H16Cl2O3. The van der Waals surface area contributed by atoms with Crippen LogP contribution in [0, 0.1) is 5.92 Å². The minimum atomic E-state index is -0.981. The first-order chi connectivity index (χ1) is 9.97. The van der Waals surface area contributed by atoms with Gasteiger partial charge in [-0.25, -0.2) is 4.79 Å². The topological polar surface area (TPSA) is 46.5 Å². The molecule has 1 aromatic rings. The van der Waals surface area contributed by atoms with Gasteiger partial charge in [-0.15, -0.1) is 0 Å². The number of rotatable bonds is 2. The van der Waals surface area contributed by atoms with E-state index in [-0.39, 0.29) is 0 Å². The lowest BCUT2D eigenvalue weighted by molar-refractivity contribution is -0.144. The van der Waals surface area contributed by atoms with Crippen molar-refractivity contribution in [2.45, 2.75) is 38.7 Å². The molecule has 0 radical (unpaired) electrons. The van der Waals surface area contributed by atoms with Crippen LogP contribution in [0.25, 0.3) is 5.57 Å². The monoisotopic (exact) mass is 326 g/mol. The average molecular weight is 327 g/mol. The summed E-state index contributed by atoms with van der Waals surface area (Å²) in [5.41, 5.74) is 2.94. The number of halogens is 2. The van der Waals surface area contributed by atoms with Gasteiger partial charge in [0.15, 0.2) is 6.10 Å². The van der Waals surface area contributed by atoms with Gasteiger partial charge >= 0.3 is 5.97 Å². The standard InChI is InChI=1S/C16H16Cl2O3/c1-8-3-2-4-9(5-8)11-6-10-7-12(16(19)20)21-15(10)14(18)13(11)17/h4,6,8,12H,2-3,5,7H2,1H3,(H,19,20). The summed E-state index contributed by atoms with van der Waals surface area (Å²) in [6.07, 6.45) is 4.85. The van der Waals surface area contributed by atoms with E-state index in [1.54, 1.807) is 0 Å². The van der Waals surface area contributed by atoms with E-state index in [2.05, 4.69) is 13.0 Å². The van der Waals surface area contributed by atoms with E-state index in [0.717, 1.165) is 24.0 Å².